The number of fused-ring (bicyclic) bond motifs is 1. The number of hydrogen-bond acceptors (Lipinski definition) is 5. The van der Waals surface area contributed by atoms with Gasteiger partial charge in [-0.3, -0.25) is 0 Å². The Kier molecular flexibility index (Phi) is 4.08. The molecule has 6 heteroatoms. The lowest BCUT2D eigenvalue weighted by Crippen LogP contribution is -2.39. The molecular formula is C19H19N5O. The molecule has 1 saturated heterocycles. The molecular weight excluding hydrogens is 314 g/mol. The van der Waals surface area contributed by atoms with Gasteiger partial charge in [0.1, 0.15) is 17.8 Å². The Morgan fingerprint density at radius 2 is 2.28 bits per heavy atom. The smallest absolute Gasteiger partial charge is 0.143 e. The molecule has 25 heavy (non-hydrogen) atoms. The summed E-state index contributed by atoms with van der Waals surface area (Å²) in [5.41, 5.74) is 3.45. The second-order valence-corrected chi connectivity index (χ2v) is 6.26. The summed E-state index contributed by atoms with van der Waals surface area (Å²) >= 11 is 0. The van der Waals surface area contributed by atoms with Crippen molar-refractivity contribution < 1.29 is 4.74 Å². The van der Waals surface area contributed by atoms with Crippen LogP contribution in [0.5, 0.6) is 0 Å². The maximum absolute atomic E-state index is 9.18. The van der Waals surface area contributed by atoms with E-state index in [9.17, 15) is 5.26 Å². The molecule has 6 nitrogen and oxygen atoms in total. The minimum absolute atomic E-state index is 0.225. The van der Waals surface area contributed by atoms with Crippen molar-refractivity contribution >= 4 is 16.9 Å². The number of aromatic nitrogens is 3. The molecule has 4 rings (SSSR count). The number of nitriles is 1. The number of hydrogen-bond donors (Lipinski definition) is 1. The van der Waals surface area contributed by atoms with Gasteiger partial charge >= 0.3 is 0 Å². The van der Waals surface area contributed by atoms with Crippen molar-refractivity contribution in [1.82, 2.24) is 15.0 Å². The van der Waals surface area contributed by atoms with Crippen LogP contribution >= 0.6 is 0 Å². The topological polar surface area (TPSA) is 77.8 Å². The minimum Gasteiger partial charge on any atom is -0.380 e. The molecule has 0 saturated carbocycles. The van der Waals surface area contributed by atoms with Crippen molar-refractivity contribution in [3.05, 3.63) is 42.4 Å². The van der Waals surface area contributed by atoms with Crippen LogP contribution in [-0.4, -0.2) is 41.3 Å². The molecule has 1 N–H and O–H groups in total. The highest BCUT2D eigenvalue weighted by atomic mass is 16.5. The van der Waals surface area contributed by atoms with E-state index in [0.29, 0.717) is 5.56 Å². The Hall–Kier alpha value is -2.91. The third-order valence-electron chi connectivity index (χ3n) is 4.76. The van der Waals surface area contributed by atoms with E-state index >= 15 is 0 Å². The van der Waals surface area contributed by atoms with Crippen LogP contribution in [0.15, 0.2) is 36.8 Å². The maximum Gasteiger partial charge on any atom is 0.143 e. The summed E-state index contributed by atoms with van der Waals surface area (Å²) in [5.74, 6) is 0.922. The van der Waals surface area contributed by atoms with Crippen molar-refractivity contribution in [3.8, 4) is 17.2 Å². The van der Waals surface area contributed by atoms with E-state index in [-0.39, 0.29) is 6.10 Å². The Labute approximate surface area is 146 Å². The number of H-pyrrole nitrogens is 1. The number of aromatic amines is 1. The third-order valence-corrected chi connectivity index (χ3v) is 4.76. The molecule has 3 aromatic rings. The first-order chi connectivity index (χ1) is 12.3. The zero-order valence-corrected chi connectivity index (χ0v) is 14.1. The zero-order valence-electron chi connectivity index (χ0n) is 14.1. The molecule has 1 aliphatic heterocycles. The van der Waals surface area contributed by atoms with E-state index in [1.807, 2.05) is 30.5 Å². The number of benzene rings is 1. The fourth-order valence-electron chi connectivity index (χ4n) is 3.49. The van der Waals surface area contributed by atoms with E-state index in [2.05, 4.69) is 25.9 Å². The van der Waals surface area contributed by atoms with E-state index in [1.165, 1.54) is 0 Å². The molecule has 0 aliphatic carbocycles. The predicted molar refractivity (Wildman–Crippen MR) is 96.3 cm³/mol. The van der Waals surface area contributed by atoms with Gasteiger partial charge in [0, 0.05) is 32.0 Å². The van der Waals surface area contributed by atoms with Crippen molar-refractivity contribution in [3.63, 3.8) is 0 Å². The molecule has 126 valence electrons. The van der Waals surface area contributed by atoms with Crippen LogP contribution in [-0.2, 0) is 4.74 Å². The van der Waals surface area contributed by atoms with Gasteiger partial charge in [0.05, 0.1) is 23.1 Å². The fraction of sp³-hybridized carbons (Fsp3) is 0.316. The Morgan fingerprint density at radius 3 is 3.12 bits per heavy atom. The lowest BCUT2D eigenvalue weighted by Gasteiger charge is -2.33. The quantitative estimate of drug-likeness (QED) is 0.797. The summed E-state index contributed by atoms with van der Waals surface area (Å²) in [6, 6.07) is 9.82. The van der Waals surface area contributed by atoms with Crippen molar-refractivity contribution in [2.24, 2.45) is 0 Å². The van der Waals surface area contributed by atoms with Crippen LogP contribution < -0.4 is 4.90 Å². The van der Waals surface area contributed by atoms with Crippen LogP contribution in [0.4, 0.5) is 5.82 Å². The van der Waals surface area contributed by atoms with E-state index < -0.39 is 0 Å². The molecule has 1 atom stereocenters. The Morgan fingerprint density at radius 1 is 1.36 bits per heavy atom. The van der Waals surface area contributed by atoms with Gasteiger partial charge in [-0.2, -0.15) is 5.26 Å². The van der Waals surface area contributed by atoms with Gasteiger partial charge in [0.2, 0.25) is 0 Å². The van der Waals surface area contributed by atoms with Crippen LogP contribution in [0.25, 0.3) is 22.2 Å². The lowest BCUT2D eigenvalue weighted by molar-refractivity contribution is 0.0892. The van der Waals surface area contributed by atoms with Crippen LogP contribution in [0.2, 0.25) is 0 Å². The monoisotopic (exact) mass is 333 g/mol. The Bertz CT molecular complexity index is 942. The molecule has 0 radical (unpaired) electrons. The predicted octanol–water partition coefficient (Wildman–Crippen LogP) is 3.11. The highest BCUT2D eigenvalue weighted by Gasteiger charge is 2.24. The van der Waals surface area contributed by atoms with Gasteiger partial charge in [-0.1, -0.05) is 12.1 Å². The molecule has 0 spiro atoms. The third kappa shape index (κ3) is 2.83. The van der Waals surface area contributed by atoms with Gasteiger partial charge < -0.3 is 14.6 Å². The van der Waals surface area contributed by atoms with E-state index in [1.54, 1.807) is 13.4 Å². The molecule has 0 amide bonds. The molecule has 1 fully saturated rings. The zero-order chi connectivity index (χ0) is 17.2. The van der Waals surface area contributed by atoms with Crippen molar-refractivity contribution in [2.75, 3.05) is 25.1 Å². The second-order valence-electron chi connectivity index (χ2n) is 6.26. The summed E-state index contributed by atoms with van der Waals surface area (Å²) in [6.45, 7) is 1.78. The summed E-state index contributed by atoms with van der Waals surface area (Å²) in [7, 11) is 1.76. The fourth-order valence-corrected chi connectivity index (χ4v) is 3.49. The summed E-state index contributed by atoms with van der Waals surface area (Å²) < 4.78 is 5.55. The van der Waals surface area contributed by atoms with Gasteiger partial charge in [-0.15, -0.1) is 0 Å². The number of ether oxygens (including phenoxy) is 1. The Balaban J connectivity index is 1.83. The van der Waals surface area contributed by atoms with Gasteiger partial charge in [-0.05, 0) is 30.5 Å². The van der Waals surface area contributed by atoms with Gasteiger partial charge in [-0.25, -0.2) is 9.97 Å². The summed E-state index contributed by atoms with van der Waals surface area (Å²) in [4.78, 5) is 14.5. The molecule has 0 bridgehead atoms. The number of nitrogens with one attached hydrogen (secondary N) is 1. The van der Waals surface area contributed by atoms with Crippen LogP contribution in [0.3, 0.4) is 0 Å². The van der Waals surface area contributed by atoms with E-state index in [4.69, 9.17) is 4.74 Å². The highest BCUT2D eigenvalue weighted by Crippen LogP contribution is 2.35. The molecule has 3 heterocycles. The number of nitrogens with zero attached hydrogens (tertiary/aromatic N) is 4. The van der Waals surface area contributed by atoms with E-state index in [0.717, 1.165) is 53.9 Å². The SMILES string of the molecule is COC1CCCN(c2ncnc3[nH]cc(-c4cccc(C#N)c4)c23)C1. The first-order valence-electron chi connectivity index (χ1n) is 8.40. The molecule has 2 aromatic heterocycles. The lowest BCUT2D eigenvalue weighted by atomic mass is 10.0. The van der Waals surface area contributed by atoms with Crippen molar-refractivity contribution in [2.45, 2.75) is 18.9 Å². The first-order valence-corrected chi connectivity index (χ1v) is 8.40. The van der Waals surface area contributed by atoms with Crippen molar-refractivity contribution in [1.29, 1.82) is 5.26 Å². The number of methoxy groups -OCH3 is 1. The first kappa shape index (κ1) is 15.6. The normalized spacial score (nSPS) is 17.6. The highest BCUT2D eigenvalue weighted by molar-refractivity contribution is 6.01. The summed E-state index contributed by atoms with van der Waals surface area (Å²) in [5, 5.41) is 10.2. The minimum atomic E-state index is 0.225. The molecule has 1 unspecified atom stereocenters. The average molecular weight is 333 g/mol. The molecule has 1 aliphatic rings. The second kappa shape index (κ2) is 6.54. The van der Waals surface area contributed by atoms with Gasteiger partial charge in [0.25, 0.3) is 0 Å². The summed E-state index contributed by atoms with van der Waals surface area (Å²) in [6.07, 6.45) is 5.92. The number of rotatable bonds is 3. The standard InChI is InChI=1S/C19H19N5O/c1-25-15-6-3-7-24(11-15)19-17-16(10-21-18(17)22-12-23-19)14-5-2-4-13(8-14)9-20/h2,4-5,8,10,12,15H,3,6-7,11H2,1H3,(H,21,22,23). The van der Waals surface area contributed by atoms with Crippen LogP contribution in [0.1, 0.15) is 18.4 Å². The number of anilines is 1. The largest absolute Gasteiger partial charge is 0.380 e. The van der Waals surface area contributed by atoms with Crippen LogP contribution in [0, 0.1) is 11.3 Å². The molecule has 1 aromatic carbocycles. The number of piperidine rings is 1. The van der Waals surface area contributed by atoms with Gasteiger partial charge in [0.15, 0.2) is 0 Å². The average Bonchev–Trinajstić information content (AvgIpc) is 3.12. The maximum atomic E-state index is 9.18.